The summed E-state index contributed by atoms with van der Waals surface area (Å²) in [5, 5.41) is 0. The van der Waals surface area contributed by atoms with Gasteiger partial charge in [0.2, 0.25) is 0 Å². The maximum Gasteiger partial charge on any atom is 0.328 e. The maximum absolute atomic E-state index is 11.1. The molecule has 1 aromatic rings. The molecule has 0 aromatic heterocycles. The minimum atomic E-state index is -0.598. The number of hydrogen-bond donors (Lipinski definition) is 1. The van der Waals surface area contributed by atoms with Crippen molar-refractivity contribution in [1.82, 2.24) is 0 Å². The molecule has 70 valence electrons. The molecule has 0 aliphatic rings. The third-order valence-electron chi connectivity index (χ3n) is 1.39. The van der Waals surface area contributed by atoms with Crippen LogP contribution in [0.2, 0.25) is 0 Å². The summed E-state index contributed by atoms with van der Waals surface area (Å²) in [6, 6.07) is 6.45. The summed E-state index contributed by atoms with van der Waals surface area (Å²) in [4.78, 5) is 11.1. The number of carbonyl (C=O) groups excluding carboxylic acids is 1. The predicted molar refractivity (Wildman–Crippen MR) is 53.4 cm³/mol. The molecular weight excluding hydrogens is 234 g/mol. The van der Waals surface area contributed by atoms with Crippen molar-refractivity contribution >= 4 is 21.9 Å². The summed E-state index contributed by atoms with van der Waals surface area (Å²) < 4.78 is 5.83. The number of benzene rings is 1. The number of carbonyl (C=O) groups is 1. The quantitative estimate of drug-likeness (QED) is 0.636. The van der Waals surface area contributed by atoms with Crippen molar-refractivity contribution in [2.45, 2.75) is 13.0 Å². The Hall–Kier alpha value is -0.870. The van der Waals surface area contributed by atoms with Gasteiger partial charge in [0.1, 0.15) is 11.8 Å². The lowest BCUT2D eigenvalue weighted by atomic mass is 10.3. The molecule has 0 saturated heterocycles. The molecular formula is C9H10BrNO2. The monoisotopic (exact) mass is 243 g/mol. The third-order valence-corrected chi connectivity index (χ3v) is 1.88. The average molecular weight is 244 g/mol. The average Bonchev–Trinajstić information content (AvgIpc) is 2.04. The lowest BCUT2D eigenvalue weighted by Gasteiger charge is -2.06. The molecule has 3 nitrogen and oxygen atoms in total. The van der Waals surface area contributed by atoms with Gasteiger partial charge in [-0.15, -0.1) is 0 Å². The second-order valence-electron chi connectivity index (χ2n) is 2.67. The Kier molecular flexibility index (Phi) is 3.45. The highest BCUT2D eigenvalue weighted by molar-refractivity contribution is 9.10. The van der Waals surface area contributed by atoms with E-state index >= 15 is 0 Å². The zero-order valence-corrected chi connectivity index (χ0v) is 8.74. The van der Waals surface area contributed by atoms with Gasteiger partial charge in [0.25, 0.3) is 0 Å². The Morgan fingerprint density at radius 2 is 2.31 bits per heavy atom. The van der Waals surface area contributed by atoms with E-state index in [1.807, 2.05) is 6.07 Å². The first-order chi connectivity index (χ1) is 6.09. The van der Waals surface area contributed by atoms with Gasteiger partial charge in [-0.05, 0) is 25.1 Å². The lowest BCUT2D eigenvalue weighted by molar-refractivity contribution is -0.135. The molecule has 1 unspecified atom stereocenters. The molecule has 0 saturated carbocycles. The Balaban J connectivity index is 2.69. The molecule has 0 spiro atoms. The van der Waals surface area contributed by atoms with Crippen molar-refractivity contribution < 1.29 is 9.53 Å². The van der Waals surface area contributed by atoms with E-state index in [-0.39, 0.29) is 0 Å². The van der Waals surface area contributed by atoms with Gasteiger partial charge >= 0.3 is 5.97 Å². The first-order valence-corrected chi connectivity index (χ1v) is 4.62. The highest BCUT2D eigenvalue weighted by atomic mass is 79.9. The van der Waals surface area contributed by atoms with Crippen LogP contribution in [0.1, 0.15) is 6.92 Å². The second-order valence-corrected chi connectivity index (χ2v) is 3.58. The topological polar surface area (TPSA) is 52.3 Å². The molecule has 1 rings (SSSR count). The van der Waals surface area contributed by atoms with Gasteiger partial charge in [0.15, 0.2) is 0 Å². The van der Waals surface area contributed by atoms with E-state index in [2.05, 4.69) is 15.9 Å². The Morgan fingerprint density at radius 1 is 1.62 bits per heavy atom. The van der Waals surface area contributed by atoms with Crippen LogP contribution in [0.5, 0.6) is 5.75 Å². The molecule has 0 aliphatic heterocycles. The fourth-order valence-corrected chi connectivity index (χ4v) is 1.12. The zero-order valence-electron chi connectivity index (χ0n) is 7.16. The van der Waals surface area contributed by atoms with Crippen molar-refractivity contribution in [3.8, 4) is 5.75 Å². The van der Waals surface area contributed by atoms with Crippen LogP contribution in [-0.2, 0) is 4.79 Å². The largest absolute Gasteiger partial charge is 0.425 e. The molecule has 0 fully saturated rings. The summed E-state index contributed by atoms with van der Waals surface area (Å²) in [6.45, 7) is 1.58. The van der Waals surface area contributed by atoms with Crippen LogP contribution in [0.15, 0.2) is 28.7 Å². The number of ether oxygens (including phenoxy) is 1. The summed E-state index contributed by atoms with van der Waals surface area (Å²) in [5.41, 5.74) is 5.34. The molecule has 0 amide bonds. The van der Waals surface area contributed by atoms with Crippen LogP contribution in [0.25, 0.3) is 0 Å². The highest BCUT2D eigenvalue weighted by Gasteiger charge is 2.09. The molecule has 0 aliphatic carbocycles. The predicted octanol–water partition coefficient (Wildman–Crippen LogP) is 1.70. The van der Waals surface area contributed by atoms with Crippen LogP contribution >= 0.6 is 15.9 Å². The van der Waals surface area contributed by atoms with Crippen molar-refractivity contribution in [3.63, 3.8) is 0 Å². The number of hydrogen-bond acceptors (Lipinski definition) is 3. The van der Waals surface area contributed by atoms with E-state index < -0.39 is 12.0 Å². The molecule has 0 bridgehead atoms. The lowest BCUT2D eigenvalue weighted by Crippen LogP contribution is -2.30. The van der Waals surface area contributed by atoms with E-state index in [4.69, 9.17) is 10.5 Å². The molecule has 1 atom stereocenters. The fraction of sp³-hybridized carbons (Fsp3) is 0.222. The minimum absolute atomic E-state index is 0.432. The normalized spacial score (nSPS) is 12.2. The maximum atomic E-state index is 11.1. The number of nitrogens with two attached hydrogens (primary N) is 1. The third kappa shape index (κ3) is 3.16. The van der Waals surface area contributed by atoms with Crippen LogP contribution in [0.4, 0.5) is 0 Å². The van der Waals surface area contributed by atoms with Gasteiger partial charge in [-0.25, -0.2) is 4.79 Å². The van der Waals surface area contributed by atoms with E-state index in [1.54, 1.807) is 25.1 Å². The highest BCUT2D eigenvalue weighted by Crippen LogP contribution is 2.17. The molecule has 13 heavy (non-hydrogen) atoms. The van der Waals surface area contributed by atoms with E-state index in [1.165, 1.54) is 0 Å². The van der Waals surface area contributed by atoms with Gasteiger partial charge < -0.3 is 10.5 Å². The van der Waals surface area contributed by atoms with E-state index in [0.717, 1.165) is 4.47 Å². The van der Waals surface area contributed by atoms with Crippen molar-refractivity contribution in [3.05, 3.63) is 28.7 Å². The summed E-state index contributed by atoms with van der Waals surface area (Å²) in [7, 11) is 0. The van der Waals surface area contributed by atoms with Crippen molar-refractivity contribution in [2.24, 2.45) is 5.73 Å². The first-order valence-electron chi connectivity index (χ1n) is 3.82. The Morgan fingerprint density at radius 3 is 2.85 bits per heavy atom. The number of rotatable bonds is 2. The first kappa shape index (κ1) is 10.2. The SMILES string of the molecule is CC(N)C(=O)Oc1cccc(Br)c1. The minimum Gasteiger partial charge on any atom is -0.425 e. The van der Waals surface area contributed by atoms with Gasteiger partial charge in [-0.1, -0.05) is 22.0 Å². The van der Waals surface area contributed by atoms with Crippen LogP contribution in [0.3, 0.4) is 0 Å². The standard InChI is InChI=1S/C9H10BrNO2/c1-6(11)9(12)13-8-4-2-3-7(10)5-8/h2-6H,11H2,1H3. The summed E-state index contributed by atoms with van der Waals surface area (Å²) >= 11 is 3.27. The Bertz CT molecular complexity index is 312. The van der Waals surface area contributed by atoms with Gasteiger partial charge in [-0.2, -0.15) is 0 Å². The molecule has 1 aromatic carbocycles. The van der Waals surface area contributed by atoms with E-state index in [9.17, 15) is 4.79 Å². The van der Waals surface area contributed by atoms with Crippen molar-refractivity contribution in [1.29, 1.82) is 0 Å². The van der Waals surface area contributed by atoms with Crippen LogP contribution in [0, 0.1) is 0 Å². The van der Waals surface area contributed by atoms with Gasteiger partial charge in [0.05, 0.1) is 0 Å². The van der Waals surface area contributed by atoms with Crippen LogP contribution < -0.4 is 10.5 Å². The molecule has 4 heteroatoms. The molecule has 0 radical (unpaired) electrons. The molecule has 0 heterocycles. The van der Waals surface area contributed by atoms with Crippen LogP contribution in [-0.4, -0.2) is 12.0 Å². The molecule has 2 N–H and O–H groups in total. The number of esters is 1. The summed E-state index contributed by atoms with van der Waals surface area (Å²) in [5.74, 6) is 0.0646. The van der Waals surface area contributed by atoms with E-state index in [0.29, 0.717) is 5.75 Å². The zero-order chi connectivity index (χ0) is 9.84. The smallest absolute Gasteiger partial charge is 0.328 e. The van der Waals surface area contributed by atoms with Crippen molar-refractivity contribution in [2.75, 3.05) is 0 Å². The number of halogens is 1. The summed E-state index contributed by atoms with van der Waals surface area (Å²) in [6.07, 6.45) is 0. The fourth-order valence-electron chi connectivity index (χ4n) is 0.740. The van der Waals surface area contributed by atoms with Gasteiger partial charge in [0, 0.05) is 4.47 Å². The Labute approximate surface area is 85.0 Å². The van der Waals surface area contributed by atoms with Gasteiger partial charge in [-0.3, -0.25) is 0 Å². The second kappa shape index (κ2) is 4.39.